The molecule has 0 atom stereocenters. The Bertz CT molecular complexity index is 471. The Kier molecular flexibility index (Phi) is 1.94. The molecule has 66 valence electrons. The lowest BCUT2D eigenvalue weighted by molar-refractivity contribution is 1.05. The zero-order chi connectivity index (χ0) is 9.26. The zero-order valence-electron chi connectivity index (χ0n) is 7.72. The lowest BCUT2D eigenvalue weighted by Gasteiger charge is -2.00. The fraction of sp³-hybridized carbons (Fsp3) is 0.364. The van der Waals surface area contributed by atoms with Crippen LogP contribution in [0.2, 0.25) is 0 Å². The van der Waals surface area contributed by atoms with Gasteiger partial charge in [-0.15, -0.1) is 0 Å². The molecule has 0 spiro atoms. The minimum atomic E-state index is 0.480. The maximum Gasteiger partial charge on any atom is 0.0752 e. The summed E-state index contributed by atoms with van der Waals surface area (Å²) in [5, 5.41) is 11.1. The van der Waals surface area contributed by atoms with Crippen LogP contribution in [0.15, 0.2) is 6.07 Å². The van der Waals surface area contributed by atoms with Crippen LogP contribution >= 0.6 is 0 Å². The Morgan fingerprint density at radius 3 is 3.15 bits per heavy atom. The highest BCUT2D eigenvalue weighted by Crippen LogP contribution is 2.06. The highest BCUT2D eigenvalue weighted by atomic mass is 14.7. The number of hydrogen-bond acceptors (Lipinski definition) is 1. The number of nitriles is 1. The Hall–Kier alpha value is -1.49. The number of nitrogens with one attached hydrogen (secondary N) is 1. The molecule has 1 N–H and O–H groups in total. The molecular formula is C11H12N2. The minimum absolute atomic E-state index is 0.480. The number of hydrogen-bond donors (Lipinski definition) is 1. The molecule has 0 aromatic carbocycles. The van der Waals surface area contributed by atoms with E-state index < -0.39 is 0 Å². The molecule has 0 fully saturated rings. The minimum Gasteiger partial charge on any atom is -0.358 e. The molecule has 2 nitrogen and oxygen atoms in total. The van der Waals surface area contributed by atoms with E-state index in [1.807, 2.05) is 0 Å². The molecule has 13 heavy (non-hydrogen) atoms. The van der Waals surface area contributed by atoms with Crippen molar-refractivity contribution >= 4 is 11.6 Å². The third kappa shape index (κ3) is 1.38. The van der Waals surface area contributed by atoms with Crippen molar-refractivity contribution in [3.63, 3.8) is 0 Å². The summed E-state index contributed by atoms with van der Waals surface area (Å²) in [5.74, 6) is 0. The molecule has 2 heteroatoms. The van der Waals surface area contributed by atoms with Crippen molar-refractivity contribution in [3.8, 4) is 6.07 Å². The zero-order valence-corrected chi connectivity index (χ0v) is 7.72. The van der Waals surface area contributed by atoms with Gasteiger partial charge in [0.25, 0.3) is 0 Å². The van der Waals surface area contributed by atoms with Crippen molar-refractivity contribution in [2.45, 2.75) is 26.2 Å². The SMILES string of the molecule is CC1=c2cc(CC#N)[nH]c2=CCC1. The van der Waals surface area contributed by atoms with E-state index in [4.69, 9.17) is 5.26 Å². The fourth-order valence-electron chi connectivity index (χ4n) is 1.79. The van der Waals surface area contributed by atoms with Gasteiger partial charge in [0, 0.05) is 11.0 Å². The first-order valence-corrected chi connectivity index (χ1v) is 4.56. The molecule has 1 aliphatic carbocycles. The second-order valence-corrected chi connectivity index (χ2v) is 3.48. The molecule has 1 aromatic rings. The summed E-state index contributed by atoms with van der Waals surface area (Å²) in [6, 6.07) is 4.25. The van der Waals surface area contributed by atoms with Gasteiger partial charge in [0.15, 0.2) is 0 Å². The number of fused-ring (bicyclic) bond motifs is 1. The van der Waals surface area contributed by atoms with Crippen LogP contribution in [0.5, 0.6) is 0 Å². The molecule has 0 bridgehead atoms. The topological polar surface area (TPSA) is 39.6 Å². The molecular weight excluding hydrogens is 160 g/mol. The molecule has 0 saturated heterocycles. The van der Waals surface area contributed by atoms with Gasteiger partial charge in [-0.05, 0) is 31.1 Å². The first-order chi connectivity index (χ1) is 6.31. The Labute approximate surface area is 77.2 Å². The average molecular weight is 172 g/mol. The van der Waals surface area contributed by atoms with Crippen LogP contribution in [-0.4, -0.2) is 4.98 Å². The fourth-order valence-corrected chi connectivity index (χ4v) is 1.79. The summed E-state index contributed by atoms with van der Waals surface area (Å²) >= 11 is 0. The van der Waals surface area contributed by atoms with Gasteiger partial charge < -0.3 is 4.98 Å². The quantitative estimate of drug-likeness (QED) is 0.669. The number of aromatic amines is 1. The highest BCUT2D eigenvalue weighted by molar-refractivity contribution is 5.48. The van der Waals surface area contributed by atoms with Crippen molar-refractivity contribution in [1.29, 1.82) is 5.26 Å². The Balaban J connectivity index is 2.62. The largest absolute Gasteiger partial charge is 0.358 e. The Morgan fingerprint density at radius 1 is 1.62 bits per heavy atom. The summed E-state index contributed by atoms with van der Waals surface area (Å²) in [6.45, 7) is 2.16. The van der Waals surface area contributed by atoms with Gasteiger partial charge in [-0.2, -0.15) is 5.26 Å². The van der Waals surface area contributed by atoms with E-state index in [1.54, 1.807) is 0 Å². The highest BCUT2D eigenvalue weighted by Gasteiger charge is 2.03. The van der Waals surface area contributed by atoms with Crippen molar-refractivity contribution in [1.82, 2.24) is 4.98 Å². The normalized spacial score (nSPS) is 14.6. The third-order valence-electron chi connectivity index (χ3n) is 2.50. The average Bonchev–Trinajstić information content (AvgIpc) is 2.49. The molecule has 1 heterocycles. The first-order valence-electron chi connectivity index (χ1n) is 4.56. The predicted octanol–water partition coefficient (Wildman–Crippen LogP) is 0.826. The number of rotatable bonds is 1. The molecule has 0 aliphatic heterocycles. The van der Waals surface area contributed by atoms with Gasteiger partial charge in [-0.3, -0.25) is 0 Å². The number of aromatic nitrogens is 1. The van der Waals surface area contributed by atoms with E-state index in [1.165, 1.54) is 16.1 Å². The predicted molar refractivity (Wildman–Crippen MR) is 52.1 cm³/mol. The van der Waals surface area contributed by atoms with Crippen molar-refractivity contribution in [3.05, 3.63) is 22.3 Å². The van der Waals surface area contributed by atoms with Crippen LogP contribution < -0.4 is 10.6 Å². The summed E-state index contributed by atoms with van der Waals surface area (Å²) < 4.78 is 0. The Morgan fingerprint density at radius 2 is 2.46 bits per heavy atom. The van der Waals surface area contributed by atoms with Crippen LogP contribution in [0.4, 0.5) is 0 Å². The van der Waals surface area contributed by atoms with E-state index in [0.717, 1.165) is 18.5 Å². The maximum absolute atomic E-state index is 8.56. The summed E-state index contributed by atoms with van der Waals surface area (Å²) in [4.78, 5) is 3.27. The van der Waals surface area contributed by atoms with Crippen LogP contribution in [0.25, 0.3) is 11.6 Å². The monoisotopic (exact) mass is 172 g/mol. The lowest BCUT2D eigenvalue weighted by atomic mass is 10.1. The molecule has 0 radical (unpaired) electrons. The van der Waals surface area contributed by atoms with Crippen molar-refractivity contribution in [2.24, 2.45) is 0 Å². The van der Waals surface area contributed by atoms with Crippen LogP contribution in [-0.2, 0) is 6.42 Å². The van der Waals surface area contributed by atoms with Crippen LogP contribution in [0, 0.1) is 11.3 Å². The number of nitrogens with zero attached hydrogens (tertiary/aromatic N) is 1. The third-order valence-corrected chi connectivity index (χ3v) is 2.50. The smallest absolute Gasteiger partial charge is 0.0752 e. The van der Waals surface area contributed by atoms with E-state index in [-0.39, 0.29) is 0 Å². The maximum atomic E-state index is 8.56. The molecule has 0 amide bonds. The number of H-pyrrole nitrogens is 1. The first kappa shape index (κ1) is 8.12. The van der Waals surface area contributed by atoms with E-state index in [0.29, 0.717) is 6.42 Å². The van der Waals surface area contributed by atoms with Gasteiger partial charge in [0.2, 0.25) is 0 Å². The van der Waals surface area contributed by atoms with Crippen LogP contribution in [0.3, 0.4) is 0 Å². The second kappa shape index (κ2) is 3.10. The summed E-state index contributed by atoms with van der Waals surface area (Å²) in [7, 11) is 0. The second-order valence-electron chi connectivity index (χ2n) is 3.48. The van der Waals surface area contributed by atoms with E-state index in [2.05, 4.69) is 30.1 Å². The molecule has 1 aliphatic rings. The molecule has 0 unspecified atom stereocenters. The van der Waals surface area contributed by atoms with Gasteiger partial charge >= 0.3 is 0 Å². The van der Waals surface area contributed by atoms with Gasteiger partial charge in [-0.1, -0.05) is 11.6 Å². The molecule has 0 saturated carbocycles. The van der Waals surface area contributed by atoms with E-state index in [9.17, 15) is 0 Å². The summed E-state index contributed by atoms with van der Waals surface area (Å²) in [5.41, 5.74) is 2.46. The summed E-state index contributed by atoms with van der Waals surface area (Å²) in [6.07, 6.45) is 4.96. The van der Waals surface area contributed by atoms with Gasteiger partial charge in [-0.25, -0.2) is 0 Å². The van der Waals surface area contributed by atoms with Crippen molar-refractivity contribution in [2.75, 3.05) is 0 Å². The molecule has 2 rings (SSSR count). The van der Waals surface area contributed by atoms with Gasteiger partial charge in [0.1, 0.15) is 0 Å². The van der Waals surface area contributed by atoms with Gasteiger partial charge in [0.05, 0.1) is 12.5 Å². The van der Waals surface area contributed by atoms with E-state index >= 15 is 0 Å². The standard InChI is InChI=1S/C11H12N2/c1-8-3-2-4-11-10(8)7-9(13-11)5-6-12/h4,7,13H,2-3,5H2,1H3. The van der Waals surface area contributed by atoms with Crippen LogP contribution in [0.1, 0.15) is 25.5 Å². The molecule has 1 aromatic heterocycles. The van der Waals surface area contributed by atoms with Crippen molar-refractivity contribution < 1.29 is 0 Å². The lowest BCUT2D eigenvalue weighted by Crippen LogP contribution is -2.26.